The largest absolute Gasteiger partial charge is 0.491 e. The molecular weight excluding hydrogens is 358 g/mol. The first kappa shape index (κ1) is 18.0. The molecular formula is C20H21N5O3. The maximum atomic E-state index is 5.71. The first-order valence-corrected chi connectivity index (χ1v) is 9.02. The van der Waals surface area contributed by atoms with Gasteiger partial charge in [0.2, 0.25) is 0 Å². The molecule has 0 amide bonds. The first-order valence-electron chi connectivity index (χ1n) is 9.02. The summed E-state index contributed by atoms with van der Waals surface area (Å²) in [4.78, 5) is 17.3. The fourth-order valence-electron chi connectivity index (χ4n) is 3.15. The molecule has 3 aromatic rings. The summed E-state index contributed by atoms with van der Waals surface area (Å²) < 4.78 is 16.2. The van der Waals surface area contributed by atoms with Gasteiger partial charge >= 0.3 is 0 Å². The molecule has 0 bridgehead atoms. The van der Waals surface area contributed by atoms with Gasteiger partial charge in [0.1, 0.15) is 17.9 Å². The second kappa shape index (κ2) is 8.08. The first-order chi connectivity index (χ1) is 13.8. The van der Waals surface area contributed by atoms with E-state index >= 15 is 0 Å². The lowest BCUT2D eigenvalue weighted by molar-refractivity contribution is 0.343. The van der Waals surface area contributed by atoms with Crippen molar-refractivity contribution in [2.24, 2.45) is 0 Å². The molecule has 0 unspecified atom stereocenters. The highest BCUT2D eigenvalue weighted by Gasteiger charge is 2.17. The van der Waals surface area contributed by atoms with E-state index in [1.807, 2.05) is 24.4 Å². The lowest BCUT2D eigenvalue weighted by Gasteiger charge is -2.10. The Bertz CT molecular complexity index is 980. The van der Waals surface area contributed by atoms with E-state index in [0.29, 0.717) is 18.2 Å². The minimum absolute atomic E-state index is 0.436. The molecule has 0 aliphatic carbocycles. The summed E-state index contributed by atoms with van der Waals surface area (Å²) in [5, 5.41) is 3.34. The highest BCUT2D eigenvalue weighted by molar-refractivity contribution is 5.64. The summed E-state index contributed by atoms with van der Waals surface area (Å²) >= 11 is 0. The molecule has 0 spiro atoms. The molecule has 4 rings (SSSR count). The number of pyridine rings is 2. The Morgan fingerprint density at radius 1 is 1.11 bits per heavy atom. The number of anilines is 1. The Morgan fingerprint density at radius 2 is 2.04 bits per heavy atom. The van der Waals surface area contributed by atoms with Crippen molar-refractivity contribution in [3.05, 3.63) is 48.2 Å². The molecule has 3 aromatic heterocycles. The lowest BCUT2D eigenvalue weighted by Crippen LogP contribution is -2.07. The van der Waals surface area contributed by atoms with E-state index in [1.165, 1.54) is 6.33 Å². The van der Waals surface area contributed by atoms with Crippen LogP contribution in [-0.2, 0) is 12.8 Å². The third kappa shape index (κ3) is 3.66. The summed E-state index contributed by atoms with van der Waals surface area (Å²) in [5.41, 5.74) is 3.78. The second-order valence-electron chi connectivity index (χ2n) is 6.25. The van der Waals surface area contributed by atoms with Crippen molar-refractivity contribution >= 4 is 5.82 Å². The molecule has 8 heteroatoms. The van der Waals surface area contributed by atoms with Crippen LogP contribution in [0.25, 0.3) is 11.3 Å². The van der Waals surface area contributed by atoms with E-state index in [4.69, 9.17) is 14.2 Å². The van der Waals surface area contributed by atoms with Gasteiger partial charge in [-0.1, -0.05) is 0 Å². The number of nitrogens with one attached hydrogen (secondary N) is 1. The minimum Gasteiger partial charge on any atom is -0.491 e. The van der Waals surface area contributed by atoms with Crippen molar-refractivity contribution in [2.45, 2.75) is 12.8 Å². The van der Waals surface area contributed by atoms with E-state index in [0.717, 1.165) is 53.5 Å². The summed E-state index contributed by atoms with van der Waals surface area (Å²) in [5.74, 6) is 2.67. The number of hydrogen-bond acceptors (Lipinski definition) is 8. The summed E-state index contributed by atoms with van der Waals surface area (Å²) in [6.07, 6.45) is 6.77. The molecule has 1 aliphatic heterocycles. The van der Waals surface area contributed by atoms with Gasteiger partial charge in [0.05, 0.1) is 32.2 Å². The predicted molar refractivity (Wildman–Crippen MR) is 104 cm³/mol. The zero-order valence-corrected chi connectivity index (χ0v) is 15.8. The van der Waals surface area contributed by atoms with E-state index < -0.39 is 0 Å². The molecule has 0 saturated carbocycles. The van der Waals surface area contributed by atoms with Gasteiger partial charge in [-0.15, -0.1) is 0 Å². The minimum atomic E-state index is 0.436. The molecule has 0 aromatic carbocycles. The highest BCUT2D eigenvalue weighted by Crippen LogP contribution is 2.30. The van der Waals surface area contributed by atoms with Crippen LogP contribution in [0.2, 0.25) is 0 Å². The van der Waals surface area contributed by atoms with Crippen molar-refractivity contribution in [3.63, 3.8) is 0 Å². The van der Waals surface area contributed by atoms with E-state index in [2.05, 4.69) is 25.3 Å². The SMILES string of the molecule is COc1cc(-c2cc(NCCc3ccnc4c3OCC4)ncn2)cnc1OC. The van der Waals surface area contributed by atoms with Gasteiger partial charge in [-0.05, 0) is 24.1 Å². The van der Waals surface area contributed by atoms with Crippen LogP contribution in [0, 0.1) is 0 Å². The van der Waals surface area contributed by atoms with Crippen LogP contribution >= 0.6 is 0 Å². The zero-order chi connectivity index (χ0) is 19.3. The number of hydrogen-bond donors (Lipinski definition) is 1. The van der Waals surface area contributed by atoms with Gasteiger partial charge in [-0.2, -0.15) is 0 Å². The molecule has 8 nitrogen and oxygen atoms in total. The number of methoxy groups -OCH3 is 2. The van der Waals surface area contributed by atoms with E-state index in [1.54, 1.807) is 20.4 Å². The molecule has 0 fully saturated rings. The molecule has 1 N–H and O–H groups in total. The zero-order valence-electron chi connectivity index (χ0n) is 15.8. The average Bonchev–Trinajstić information content (AvgIpc) is 3.23. The highest BCUT2D eigenvalue weighted by atomic mass is 16.5. The Labute approximate surface area is 162 Å². The molecule has 0 radical (unpaired) electrons. The Kier molecular flexibility index (Phi) is 5.18. The van der Waals surface area contributed by atoms with Crippen LogP contribution in [0.4, 0.5) is 5.82 Å². The van der Waals surface area contributed by atoms with Crippen LogP contribution < -0.4 is 19.5 Å². The monoisotopic (exact) mass is 379 g/mol. The van der Waals surface area contributed by atoms with Crippen LogP contribution in [0.5, 0.6) is 17.4 Å². The van der Waals surface area contributed by atoms with Crippen LogP contribution in [0.1, 0.15) is 11.3 Å². The predicted octanol–water partition coefficient (Wildman–Crippen LogP) is 2.54. The van der Waals surface area contributed by atoms with E-state index in [9.17, 15) is 0 Å². The van der Waals surface area contributed by atoms with Crippen LogP contribution in [0.3, 0.4) is 0 Å². The smallest absolute Gasteiger partial charge is 0.256 e. The maximum Gasteiger partial charge on any atom is 0.256 e. The normalized spacial score (nSPS) is 12.2. The molecule has 28 heavy (non-hydrogen) atoms. The quantitative estimate of drug-likeness (QED) is 0.670. The average molecular weight is 379 g/mol. The third-order valence-corrected chi connectivity index (χ3v) is 4.54. The number of fused-ring (bicyclic) bond motifs is 1. The summed E-state index contributed by atoms with van der Waals surface area (Å²) in [6, 6.07) is 5.73. The van der Waals surface area contributed by atoms with Crippen LogP contribution in [0.15, 0.2) is 36.9 Å². The molecule has 0 atom stereocenters. The number of nitrogens with zero attached hydrogens (tertiary/aromatic N) is 4. The van der Waals surface area contributed by atoms with Crippen molar-refractivity contribution in [2.75, 3.05) is 32.7 Å². The molecule has 144 valence electrons. The second-order valence-corrected chi connectivity index (χ2v) is 6.25. The summed E-state index contributed by atoms with van der Waals surface area (Å²) in [7, 11) is 3.14. The van der Waals surface area contributed by atoms with Gasteiger partial charge in [0, 0.05) is 37.0 Å². The lowest BCUT2D eigenvalue weighted by atomic mass is 10.1. The topological polar surface area (TPSA) is 91.3 Å². The fourth-order valence-corrected chi connectivity index (χ4v) is 3.15. The number of rotatable bonds is 7. The molecule has 1 aliphatic rings. The third-order valence-electron chi connectivity index (χ3n) is 4.54. The Hall–Kier alpha value is -3.42. The van der Waals surface area contributed by atoms with Crippen molar-refractivity contribution in [1.82, 2.24) is 19.9 Å². The Morgan fingerprint density at radius 3 is 2.89 bits per heavy atom. The summed E-state index contributed by atoms with van der Waals surface area (Å²) in [6.45, 7) is 1.43. The van der Waals surface area contributed by atoms with Crippen LogP contribution in [-0.4, -0.2) is 47.3 Å². The van der Waals surface area contributed by atoms with Crippen molar-refractivity contribution in [1.29, 1.82) is 0 Å². The van der Waals surface area contributed by atoms with Crippen molar-refractivity contribution in [3.8, 4) is 28.6 Å². The van der Waals surface area contributed by atoms with Gasteiger partial charge in [0.25, 0.3) is 5.88 Å². The standard InChI is InChI=1S/C20H21N5O3/c1-26-17-9-14(11-23-20(17)27-2)16-10-18(25-12-24-16)22-7-4-13-3-6-21-15-5-8-28-19(13)15/h3,6,9-12H,4-5,7-8H2,1-2H3,(H,22,24,25). The fraction of sp³-hybridized carbons (Fsp3) is 0.300. The molecule has 0 saturated heterocycles. The van der Waals surface area contributed by atoms with E-state index in [-0.39, 0.29) is 0 Å². The molecule has 4 heterocycles. The maximum absolute atomic E-state index is 5.71. The van der Waals surface area contributed by atoms with Gasteiger partial charge in [-0.25, -0.2) is 15.0 Å². The number of aromatic nitrogens is 4. The van der Waals surface area contributed by atoms with Crippen molar-refractivity contribution < 1.29 is 14.2 Å². The van der Waals surface area contributed by atoms with Gasteiger partial charge in [-0.3, -0.25) is 4.98 Å². The van der Waals surface area contributed by atoms with Gasteiger partial charge in [0.15, 0.2) is 5.75 Å². The van der Waals surface area contributed by atoms with Gasteiger partial charge < -0.3 is 19.5 Å². The number of ether oxygens (including phenoxy) is 3. The Balaban J connectivity index is 1.45.